The van der Waals surface area contributed by atoms with Crippen molar-refractivity contribution in [3.63, 3.8) is 0 Å². The Bertz CT molecular complexity index is 1330. The van der Waals surface area contributed by atoms with Crippen molar-refractivity contribution in [3.8, 4) is 0 Å². The predicted molar refractivity (Wildman–Crippen MR) is 128 cm³/mol. The summed E-state index contributed by atoms with van der Waals surface area (Å²) in [5.74, 6) is 0.646. The quantitative estimate of drug-likeness (QED) is 0.475. The number of anilines is 1. The number of nitrogens with one attached hydrogen (secondary N) is 1. The summed E-state index contributed by atoms with van der Waals surface area (Å²) in [6.07, 6.45) is 5.69. The van der Waals surface area contributed by atoms with Crippen LogP contribution in [0.25, 0.3) is 21.8 Å². The number of hydrogen-bond donors (Lipinski definition) is 1. The van der Waals surface area contributed by atoms with Crippen LogP contribution in [0.2, 0.25) is 5.02 Å². The smallest absolute Gasteiger partial charge is 0.260 e. The molecule has 4 aromatic rings. The third-order valence-electron chi connectivity index (χ3n) is 6.15. The molecule has 1 saturated heterocycles. The van der Waals surface area contributed by atoms with E-state index in [1.54, 1.807) is 12.3 Å². The number of halogens is 1. The van der Waals surface area contributed by atoms with Gasteiger partial charge in [-0.3, -0.25) is 9.78 Å². The van der Waals surface area contributed by atoms with Crippen LogP contribution in [0.1, 0.15) is 31.5 Å². The predicted octanol–water partition coefficient (Wildman–Crippen LogP) is 4.26. The number of nitrogens with zero attached hydrogens (tertiary/aromatic N) is 5. The maximum Gasteiger partial charge on any atom is 0.260 e. The van der Waals surface area contributed by atoms with Crippen molar-refractivity contribution >= 4 is 39.2 Å². The van der Waals surface area contributed by atoms with Crippen LogP contribution in [0.3, 0.4) is 0 Å². The second-order valence-electron chi connectivity index (χ2n) is 8.24. The molecule has 1 N–H and O–H groups in total. The van der Waals surface area contributed by atoms with Crippen LogP contribution in [0.5, 0.6) is 0 Å². The lowest BCUT2D eigenvalue weighted by Gasteiger charge is -2.23. The average molecular weight is 449 g/mol. The highest BCUT2D eigenvalue weighted by atomic mass is 35.5. The van der Waals surface area contributed by atoms with Crippen LogP contribution in [-0.2, 0) is 6.54 Å². The molecule has 0 amide bonds. The van der Waals surface area contributed by atoms with Crippen LogP contribution in [0.4, 0.5) is 5.82 Å². The molecule has 0 radical (unpaired) electrons. The van der Waals surface area contributed by atoms with Gasteiger partial charge in [0.1, 0.15) is 11.8 Å². The van der Waals surface area contributed by atoms with Crippen molar-refractivity contribution in [2.24, 2.45) is 0 Å². The summed E-state index contributed by atoms with van der Waals surface area (Å²) in [4.78, 5) is 29.1. The van der Waals surface area contributed by atoms with Crippen molar-refractivity contribution in [1.29, 1.82) is 0 Å². The SMILES string of the molecule is C[C@H](Nc1ncnc2cccnc12)c1cc2cccc(Cl)c2c(=O)n1CCN1CCCC1. The van der Waals surface area contributed by atoms with Crippen molar-refractivity contribution < 1.29 is 0 Å². The van der Waals surface area contributed by atoms with Gasteiger partial charge in [-0.1, -0.05) is 23.7 Å². The fourth-order valence-corrected chi connectivity index (χ4v) is 4.75. The van der Waals surface area contributed by atoms with Gasteiger partial charge in [-0.25, -0.2) is 9.97 Å². The highest BCUT2D eigenvalue weighted by molar-refractivity contribution is 6.35. The fraction of sp³-hybridized carbons (Fsp3) is 0.333. The van der Waals surface area contributed by atoms with Gasteiger partial charge >= 0.3 is 0 Å². The molecule has 1 aromatic carbocycles. The molecule has 4 heterocycles. The first-order valence-corrected chi connectivity index (χ1v) is 11.4. The number of rotatable bonds is 6. The van der Waals surface area contributed by atoms with Crippen LogP contribution in [0, 0.1) is 0 Å². The largest absolute Gasteiger partial charge is 0.360 e. The summed E-state index contributed by atoms with van der Waals surface area (Å²) < 4.78 is 1.86. The Morgan fingerprint density at radius 3 is 2.78 bits per heavy atom. The molecule has 0 bridgehead atoms. The van der Waals surface area contributed by atoms with E-state index >= 15 is 0 Å². The lowest BCUT2D eigenvalue weighted by atomic mass is 10.1. The lowest BCUT2D eigenvalue weighted by Crippen LogP contribution is -2.32. The van der Waals surface area contributed by atoms with Gasteiger partial charge in [0.15, 0.2) is 5.82 Å². The Balaban J connectivity index is 1.56. The van der Waals surface area contributed by atoms with Gasteiger partial charge in [0.25, 0.3) is 5.56 Å². The number of aromatic nitrogens is 4. The van der Waals surface area contributed by atoms with E-state index in [0.717, 1.165) is 36.2 Å². The first kappa shape index (κ1) is 20.8. The van der Waals surface area contributed by atoms with Gasteiger partial charge in [-0.2, -0.15) is 0 Å². The molecule has 1 aliphatic rings. The first-order chi connectivity index (χ1) is 15.6. The second kappa shape index (κ2) is 8.84. The van der Waals surface area contributed by atoms with E-state index < -0.39 is 0 Å². The summed E-state index contributed by atoms with van der Waals surface area (Å²) >= 11 is 6.42. The van der Waals surface area contributed by atoms with E-state index in [1.165, 1.54) is 19.2 Å². The molecule has 5 rings (SSSR count). The zero-order valence-corrected chi connectivity index (χ0v) is 18.7. The summed E-state index contributed by atoms with van der Waals surface area (Å²) in [6, 6.07) is 11.2. The van der Waals surface area contributed by atoms with Gasteiger partial charge in [0.2, 0.25) is 0 Å². The Morgan fingerprint density at radius 1 is 1.09 bits per heavy atom. The number of benzene rings is 1. The Labute approximate surface area is 191 Å². The van der Waals surface area contributed by atoms with Crippen molar-refractivity contribution in [1.82, 2.24) is 24.4 Å². The molecule has 3 aromatic heterocycles. The van der Waals surface area contributed by atoms with Gasteiger partial charge in [0.05, 0.1) is 22.0 Å². The van der Waals surface area contributed by atoms with E-state index in [-0.39, 0.29) is 11.6 Å². The number of hydrogen-bond acceptors (Lipinski definition) is 6. The zero-order valence-electron chi connectivity index (χ0n) is 18.0. The van der Waals surface area contributed by atoms with Crippen molar-refractivity contribution in [2.75, 3.05) is 25.0 Å². The van der Waals surface area contributed by atoms with Gasteiger partial charge in [-0.15, -0.1) is 0 Å². The minimum absolute atomic E-state index is 0.0541. The highest BCUT2D eigenvalue weighted by Gasteiger charge is 2.19. The number of fused-ring (bicyclic) bond motifs is 2. The minimum Gasteiger partial charge on any atom is -0.360 e. The summed E-state index contributed by atoms with van der Waals surface area (Å²) in [5, 5.41) is 5.35. The van der Waals surface area contributed by atoms with E-state index in [9.17, 15) is 4.79 Å². The standard InChI is InChI=1S/C24H25ClN6O/c1-16(29-23-22-19(27-15-28-23)8-5-9-26-22)20-14-17-6-4-7-18(25)21(17)24(32)31(20)13-12-30-10-2-3-11-30/h4-9,14-16H,2-3,10-13H2,1H3,(H,27,28,29)/t16-/m0/s1. The molecule has 164 valence electrons. The molecule has 8 heteroatoms. The average Bonchev–Trinajstić information content (AvgIpc) is 3.32. The fourth-order valence-electron chi connectivity index (χ4n) is 4.49. The molecule has 32 heavy (non-hydrogen) atoms. The third-order valence-corrected chi connectivity index (χ3v) is 6.46. The van der Waals surface area contributed by atoms with Gasteiger partial charge in [-0.05, 0) is 62.5 Å². The van der Waals surface area contributed by atoms with Crippen LogP contribution in [-0.4, -0.2) is 44.1 Å². The molecule has 1 atom stereocenters. The molecular weight excluding hydrogens is 424 g/mol. The highest BCUT2D eigenvalue weighted by Crippen LogP contribution is 2.26. The Morgan fingerprint density at radius 2 is 1.94 bits per heavy atom. The topological polar surface area (TPSA) is 75.9 Å². The lowest BCUT2D eigenvalue weighted by molar-refractivity contribution is 0.318. The number of likely N-dealkylation sites (tertiary alicyclic amines) is 1. The van der Waals surface area contributed by atoms with Crippen LogP contribution < -0.4 is 10.9 Å². The first-order valence-electron chi connectivity index (χ1n) is 11.0. The molecule has 0 spiro atoms. The van der Waals surface area contributed by atoms with Crippen molar-refractivity contribution in [2.45, 2.75) is 32.4 Å². The molecule has 0 saturated carbocycles. The van der Waals surface area contributed by atoms with E-state index in [0.29, 0.717) is 28.3 Å². The van der Waals surface area contributed by atoms with Gasteiger partial charge < -0.3 is 14.8 Å². The van der Waals surface area contributed by atoms with E-state index in [2.05, 4.69) is 31.2 Å². The maximum atomic E-state index is 13.5. The molecule has 7 nitrogen and oxygen atoms in total. The Kier molecular flexibility index (Phi) is 5.76. The monoisotopic (exact) mass is 448 g/mol. The van der Waals surface area contributed by atoms with E-state index in [1.807, 2.05) is 35.8 Å². The molecule has 1 aliphatic heterocycles. The Hall–Kier alpha value is -3.03. The van der Waals surface area contributed by atoms with Gasteiger partial charge in [0, 0.05) is 25.0 Å². The summed E-state index contributed by atoms with van der Waals surface area (Å²) in [6.45, 7) is 5.67. The minimum atomic E-state index is -0.176. The number of pyridine rings is 2. The molecular formula is C24H25ClN6O. The zero-order chi connectivity index (χ0) is 22.1. The molecule has 1 fully saturated rings. The van der Waals surface area contributed by atoms with Crippen LogP contribution >= 0.6 is 11.6 Å². The second-order valence-corrected chi connectivity index (χ2v) is 8.65. The maximum absolute atomic E-state index is 13.5. The van der Waals surface area contributed by atoms with E-state index in [4.69, 9.17) is 11.6 Å². The molecule has 0 aliphatic carbocycles. The van der Waals surface area contributed by atoms with Crippen LogP contribution in [0.15, 0.2) is 53.7 Å². The van der Waals surface area contributed by atoms with Crippen molar-refractivity contribution in [3.05, 3.63) is 70.0 Å². The summed E-state index contributed by atoms with van der Waals surface area (Å²) in [5.41, 5.74) is 2.32. The summed E-state index contributed by atoms with van der Waals surface area (Å²) in [7, 11) is 0. The molecule has 0 unspecified atom stereocenters. The normalized spacial score (nSPS) is 15.4. The third kappa shape index (κ3) is 3.94.